The van der Waals surface area contributed by atoms with Crippen LogP contribution in [-0.4, -0.2) is 17.1 Å². The van der Waals surface area contributed by atoms with Gasteiger partial charge >= 0.3 is 5.97 Å². The number of aryl methyl sites for hydroxylation is 1. The maximum absolute atomic E-state index is 14.0. The number of carbonyl (C=O) groups is 1. The second kappa shape index (κ2) is 12.8. The van der Waals surface area contributed by atoms with Crippen molar-refractivity contribution in [1.82, 2.24) is 4.57 Å². The lowest BCUT2D eigenvalue weighted by atomic mass is 9.95. The first-order valence-electron chi connectivity index (χ1n) is 12.8. The Morgan fingerprint density at radius 1 is 1.10 bits per heavy atom. The molecule has 0 radical (unpaired) electrons. The van der Waals surface area contributed by atoms with E-state index in [0.29, 0.717) is 38.0 Å². The molecule has 0 saturated carbocycles. The number of allylic oxidation sites excluding steroid dienone is 1. The van der Waals surface area contributed by atoms with Crippen molar-refractivity contribution in [1.29, 1.82) is 0 Å². The Balaban J connectivity index is 1.64. The Morgan fingerprint density at radius 2 is 1.80 bits per heavy atom. The van der Waals surface area contributed by atoms with Crippen LogP contribution in [0.3, 0.4) is 0 Å². The molecular weight excluding hydrogens is 786 g/mol. The molecule has 0 fully saturated rings. The number of esters is 1. The Morgan fingerprint density at radius 3 is 2.49 bits per heavy atom. The topological polar surface area (TPSA) is 69.9 Å². The molecule has 5 rings (SSSR count). The van der Waals surface area contributed by atoms with Crippen molar-refractivity contribution in [2.75, 3.05) is 6.61 Å². The zero-order valence-electron chi connectivity index (χ0n) is 22.4. The van der Waals surface area contributed by atoms with Crippen LogP contribution in [0.25, 0.3) is 6.08 Å². The average molecular weight is 811 g/mol. The zero-order chi connectivity index (χ0) is 29.3. The molecule has 0 aliphatic carbocycles. The quantitative estimate of drug-likeness (QED) is 0.157. The monoisotopic (exact) mass is 810 g/mol. The fraction of sp³-hybridized carbons (Fsp3) is 0.194. The van der Waals surface area contributed by atoms with Crippen molar-refractivity contribution in [3.63, 3.8) is 0 Å². The highest BCUT2D eigenvalue weighted by molar-refractivity contribution is 14.1. The highest BCUT2D eigenvalue weighted by Gasteiger charge is 2.33. The summed E-state index contributed by atoms with van der Waals surface area (Å²) < 4.78 is 15.7. The van der Waals surface area contributed by atoms with Gasteiger partial charge in [-0.15, -0.1) is 0 Å². The van der Waals surface area contributed by atoms with E-state index >= 15 is 0 Å². The van der Waals surface area contributed by atoms with Crippen molar-refractivity contribution in [2.45, 2.75) is 33.4 Å². The molecule has 6 nitrogen and oxygen atoms in total. The molecule has 0 spiro atoms. The van der Waals surface area contributed by atoms with Crippen LogP contribution in [0, 0.1) is 14.1 Å². The lowest BCUT2D eigenvalue weighted by Gasteiger charge is -2.24. The Bertz CT molecular complexity index is 1850. The van der Waals surface area contributed by atoms with E-state index in [1.54, 1.807) is 18.4 Å². The van der Waals surface area contributed by atoms with Gasteiger partial charge in [0.1, 0.15) is 12.4 Å². The first kappa shape index (κ1) is 30.0. The van der Waals surface area contributed by atoms with Crippen LogP contribution < -0.4 is 19.6 Å². The third-order valence-electron chi connectivity index (χ3n) is 6.53. The molecule has 210 valence electrons. The number of hydrogen-bond donors (Lipinski definition) is 0. The molecule has 2 heterocycles. The summed E-state index contributed by atoms with van der Waals surface area (Å²) in [6.07, 6.45) is 1.85. The number of carbonyl (C=O) groups excluding carboxylic acids is 1. The van der Waals surface area contributed by atoms with Gasteiger partial charge in [-0.2, -0.15) is 0 Å². The van der Waals surface area contributed by atoms with E-state index in [1.807, 2.05) is 73.7 Å². The first-order chi connectivity index (χ1) is 19.7. The summed E-state index contributed by atoms with van der Waals surface area (Å²) in [4.78, 5) is 32.4. The number of thiazole rings is 1. The van der Waals surface area contributed by atoms with Crippen LogP contribution in [0.4, 0.5) is 0 Å². The number of rotatable bonds is 7. The molecular formula is C31H25ClI2N2O4S. The number of halogens is 3. The molecule has 41 heavy (non-hydrogen) atoms. The van der Waals surface area contributed by atoms with Crippen LogP contribution in [0.1, 0.15) is 42.1 Å². The predicted octanol–water partition coefficient (Wildman–Crippen LogP) is 6.55. The maximum atomic E-state index is 14.0. The number of nitrogens with zero attached hydrogens (tertiary/aromatic N) is 2. The summed E-state index contributed by atoms with van der Waals surface area (Å²) in [5.41, 5.74) is 4.34. The van der Waals surface area contributed by atoms with E-state index in [2.05, 4.69) is 50.2 Å². The van der Waals surface area contributed by atoms with Crippen LogP contribution in [0.5, 0.6) is 5.75 Å². The molecule has 4 aromatic rings. The van der Waals surface area contributed by atoms with Gasteiger partial charge in [0.25, 0.3) is 5.56 Å². The average Bonchev–Trinajstić information content (AvgIpc) is 3.23. The fourth-order valence-electron chi connectivity index (χ4n) is 4.57. The van der Waals surface area contributed by atoms with Crippen molar-refractivity contribution in [3.8, 4) is 5.75 Å². The van der Waals surface area contributed by atoms with Gasteiger partial charge in [0.15, 0.2) is 4.80 Å². The van der Waals surface area contributed by atoms with Crippen molar-refractivity contribution >= 4 is 80.2 Å². The van der Waals surface area contributed by atoms with E-state index in [0.717, 1.165) is 29.4 Å². The van der Waals surface area contributed by atoms with Gasteiger partial charge in [-0.05, 0) is 107 Å². The summed E-state index contributed by atoms with van der Waals surface area (Å²) >= 11 is 11.8. The van der Waals surface area contributed by atoms with Gasteiger partial charge in [0, 0.05) is 14.2 Å². The molecule has 0 bridgehead atoms. The maximum Gasteiger partial charge on any atom is 0.338 e. The molecule has 10 heteroatoms. The SMILES string of the molecule is CCOC(=O)C1=C(C)N=c2s/c(=C\c3cc(I)cc(I)c3OCc3ccc(Cl)cc3)c(=O)n2[C@H]1c1ccc(C)cc1. The number of hydrogen-bond acceptors (Lipinski definition) is 6. The lowest BCUT2D eigenvalue weighted by Crippen LogP contribution is -2.39. The lowest BCUT2D eigenvalue weighted by molar-refractivity contribution is -0.139. The van der Waals surface area contributed by atoms with E-state index in [1.165, 1.54) is 11.3 Å². The van der Waals surface area contributed by atoms with Crippen molar-refractivity contribution < 1.29 is 14.3 Å². The van der Waals surface area contributed by atoms with Gasteiger partial charge in [0.05, 0.1) is 32.0 Å². The molecule has 1 aromatic heterocycles. The van der Waals surface area contributed by atoms with E-state index < -0.39 is 12.0 Å². The van der Waals surface area contributed by atoms with Gasteiger partial charge in [-0.1, -0.05) is 64.9 Å². The number of ether oxygens (including phenoxy) is 2. The number of benzene rings is 3. The predicted molar refractivity (Wildman–Crippen MR) is 179 cm³/mol. The third kappa shape index (κ3) is 6.47. The Hall–Kier alpha value is -2.48. The van der Waals surface area contributed by atoms with Crippen LogP contribution in [0.2, 0.25) is 5.02 Å². The largest absolute Gasteiger partial charge is 0.487 e. The highest BCUT2D eigenvalue weighted by Crippen LogP contribution is 2.32. The molecule has 0 N–H and O–H groups in total. The van der Waals surface area contributed by atoms with E-state index in [-0.39, 0.29) is 12.2 Å². The van der Waals surface area contributed by atoms with Gasteiger partial charge < -0.3 is 9.47 Å². The minimum Gasteiger partial charge on any atom is -0.487 e. The zero-order valence-corrected chi connectivity index (χ0v) is 28.3. The molecule has 1 atom stereocenters. The second-order valence-corrected chi connectivity index (χ2v) is 13.3. The molecule has 1 aliphatic heterocycles. The molecule has 3 aromatic carbocycles. The molecule has 0 unspecified atom stereocenters. The fourth-order valence-corrected chi connectivity index (χ4v) is 7.78. The van der Waals surface area contributed by atoms with Gasteiger partial charge in [-0.25, -0.2) is 9.79 Å². The summed E-state index contributed by atoms with van der Waals surface area (Å²) in [5.74, 6) is 0.212. The van der Waals surface area contributed by atoms with Crippen molar-refractivity contribution in [3.05, 3.63) is 126 Å². The Labute approximate surface area is 273 Å². The van der Waals surface area contributed by atoms with E-state index in [9.17, 15) is 9.59 Å². The molecule has 0 saturated heterocycles. The summed E-state index contributed by atoms with van der Waals surface area (Å²) in [6.45, 7) is 6.13. The van der Waals surface area contributed by atoms with Gasteiger partial charge in [-0.3, -0.25) is 9.36 Å². The van der Waals surface area contributed by atoms with Crippen LogP contribution >= 0.6 is 68.1 Å². The third-order valence-corrected chi connectivity index (χ3v) is 9.19. The smallest absolute Gasteiger partial charge is 0.338 e. The van der Waals surface area contributed by atoms with E-state index in [4.69, 9.17) is 21.1 Å². The van der Waals surface area contributed by atoms with Crippen LogP contribution in [-0.2, 0) is 16.1 Å². The Kier molecular flexibility index (Phi) is 9.37. The second-order valence-electron chi connectivity index (χ2n) is 9.43. The molecule has 0 amide bonds. The highest BCUT2D eigenvalue weighted by atomic mass is 127. The standard InChI is InChI=1S/C31H25ClI2N2O4S/c1-4-39-30(38)26-18(3)35-31-36(27(26)20-9-5-17(2)6-10-20)29(37)25(41-31)14-21-13-23(33)15-24(34)28(21)40-16-19-7-11-22(32)12-8-19/h5-15,27H,4,16H2,1-3H3/b25-14-/t27-/m0/s1. The minimum absolute atomic E-state index is 0.227. The molecule has 1 aliphatic rings. The summed E-state index contributed by atoms with van der Waals surface area (Å²) in [7, 11) is 0. The minimum atomic E-state index is -0.648. The van der Waals surface area contributed by atoms with Gasteiger partial charge in [0.2, 0.25) is 0 Å². The summed E-state index contributed by atoms with van der Waals surface area (Å²) in [6, 6.07) is 18.7. The number of fused-ring (bicyclic) bond motifs is 1. The normalized spacial score (nSPS) is 15.0. The van der Waals surface area contributed by atoms with Crippen molar-refractivity contribution in [2.24, 2.45) is 4.99 Å². The van der Waals surface area contributed by atoms with Crippen LogP contribution in [0.15, 0.2) is 81.7 Å². The first-order valence-corrected chi connectivity index (χ1v) is 16.1. The summed E-state index contributed by atoms with van der Waals surface area (Å²) in [5, 5.41) is 0.666. The number of aromatic nitrogens is 1.